The number of Topliss-reactive ketones (excluding diaryl/α,β-unsaturated/α-hetero) is 1. The van der Waals surface area contributed by atoms with Crippen molar-refractivity contribution in [3.63, 3.8) is 0 Å². The van der Waals surface area contributed by atoms with Crippen LogP contribution in [0.15, 0.2) is 11.8 Å². The highest BCUT2D eigenvalue weighted by Gasteiger charge is 2.28. The third-order valence-electron chi connectivity index (χ3n) is 2.14. The first-order chi connectivity index (χ1) is 7.33. The molecule has 0 radical (unpaired) electrons. The zero-order valence-corrected chi connectivity index (χ0v) is 9.82. The number of piperidine rings is 1. The monoisotopic (exact) mass is 227 g/mol. The molecule has 1 saturated heterocycles. The van der Waals surface area contributed by atoms with Gasteiger partial charge >= 0.3 is 6.09 Å². The van der Waals surface area contributed by atoms with Gasteiger partial charge in [-0.05, 0) is 20.8 Å². The highest BCUT2D eigenvalue weighted by atomic mass is 16.6. The van der Waals surface area contributed by atoms with E-state index in [4.69, 9.17) is 9.84 Å². The number of ether oxygens (including phenoxy) is 1. The molecule has 0 atom stereocenters. The standard InChI is InChI=1S/C11H17NO4/c1-11(2,3)16-10(15)12-5-4-9(14)8(6-12)7-13/h7,13H,4-6H2,1-3H3. The maximum atomic E-state index is 11.7. The summed E-state index contributed by atoms with van der Waals surface area (Å²) in [6.07, 6.45) is 0.532. The number of aliphatic hydroxyl groups is 1. The second-order valence-electron chi connectivity index (χ2n) is 4.73. The van der Waals surface area contributed by atoms with E-state index >= 15 is 0 Å². The second kappa shape index (κ2) is 4.55. The highest BCUT2D eigenvalue weighted by Crippen LogP contribution is 2.16. The molecule has 16 heavy (non-hydrogen) atoms. The van der Waals surface area contributed by atoms with E-state index < -0.39 is 11.7 Å². The summed E-state index contributed by atoms with van der Waals surface area (Å²) in [5.74, 6) is -0.123. The number of hydrogen-bond donors (Lipinski definition) is 1. The average Bonchev–Trinajstić information content (AvgIpc) is 2.15. The van der Waals surface area contributed by atoms with Crippen molar-refractivity contribution >= 4 is 11.9 Å². The molecule has 0 aromatic rings. The van der Waals surface area contributed by atoms with Crippen LogP contribution in [-0.2, 0) is 9.53 Å². The minimum Gasteiger partial charge on any atom is -0.515 e. The lowest BCUT2D eigenvalue weighted by molar-refractivity contribution is -0.117. The number of ketones is 1. The van der Waals surface area contributed by atoms with E-state index in [0.29, 0.717) is 6.54 Å². The van der Waals surface area contributed by atoms with Gasteiger partial charge in [0.25, 0.3) is 0 Å². The van der Waals surface area contributed by atoms with Crippen molar-refractivity contribution in [1.29, 1.82) is 0 Å². The van der Waals surface area contributed by atoms with E-state index in [-0.39, 0.29) is 24.3 Å². The molecule has 1 amide bonds. The van der Waals surface area contributed by atoms with Gasteiger partial charge in [0, 0.05) is 18.5 Å². The number of amides is 1. The fraction of sp³-hybridized carbons (Fsp3) is 0.636. The van der Waals surface area contributed by atoms with Crippen LogP contribution in [0.4, 0.5) is 4.79 Å². The Kier molecular flexibility index (Phi) is 3.57. The molecule has 0 saturated carbocycles. The van der Waals surface area contributed by atoms with E-state index in [1.165, 1.54) is 4.90 Å². The molecule has 0 spiro atoms. The van der Waals surface area contributed by atoms with Crippen LogP contribution in [0.2, 0.25) is 0 Å². The maximum absolute atomic E-state index is 11.7. The van der Waals surface area contributed by atoms with Crippen LogP contribution in [0.25, 0.3) is 0 Å². The van der Waals surface area contributed by atoms with Crippen molar-refractivity contribution in [2.45, 2.75) is 32.8 Å². The molecule has 1 fully saturated rings. The van der Waals surface area contributed by atoms with E-state index in [0.717, 1.165) is 6.26 Å². The van der Waals surface area contributed by atoms with Crippen LogP contribution in [0, 0.1) is 0 Å². The lowest BCUT2D eigenvalue weighted by Gasteiger charge is -2.30. The predicted molar refractivity (Wildman–Crippen MR) is 58.1 cm³/mol. The van der Waals surface area contributed by atoms with Crippen molar-refractivity contribution in [3.8, 4) is 0 Å². The summed E-state index contributed by atoms with van der Waals surface area (Å²) in [5.41, 5.74) is -0.307. The summed E-state index contributed by atoms with van der Waals surface area (Å²) < 4.78 is 5.17. The lowest BCUT2D eigenvalue weighted by atomic mass is 10.1. The normalized spacial score (nSPS) is 20.1. The minimum absolute atomic E-state index is 0.115. The number of carbonyl (C=O) groups excluding carboxylic acids is 2. The van der Waals surface area contributed by atoms with Crippen LogP contribution in [0.5, 0.6) is 0 Å². The van der Waals surface area contributed by atoms with Crippen LogP contribution in [-0.4, -0.2) is 40.6 Å². The van der Waals surface area contributed by atoms with E-state index in [2.05, 4.69) is 0 Å². The van der Waals surface area contributed by atoms with Gasteiger partial charge < -0.3 is 14.7 Å². The first-order valence-corrected chi connectivity index (χ1v) is 5.18. The Balaban J connectivity index is 2.63. The van der Waals surface area contributed by atoms with Gasteiger partial charge in [0.15, 0.2) is 5.78 Å². The summed E-state index contributed by atoms with van der Waals surface area (Å²) in [5, 5.41) is 8.83. The Morgan fingerprint density at radius 1 is 1.50 bits per heavy atom. The summed E-state index contributed by atoms with van der Waals surface area (Å²) in [6.45, 7) is 5.80. The SMILES string of the molecule is CC(C)(C)OC(=O)N1CCC(=O)C(=CO)C1. The molecule has 0 unspecified atom stereocenters. The van der Waals surface area contributed by atoms with Crippen molar-refractivity contribution in [1.82, 2.24) is 4.90 Å². The number of aliphatic hydroxyl groups excluding tert-OH is 1. The number of rotatable bonds is 0. The number of likely N-dealkylation sites (tertiary alicyclic amines) is 1. The van der Waals surface area contributed by atoms with Crippen LogP contribution >= 0.6 is 0 Å². The summed E-state index contributed by atoms with van der Waals surface area (Å²) in [7, 11) is 0. The Morgan fingerprint density at radius 3 is 2.62 bits per heavy atom. The largest absolute Gasteiger partial charge is 0.515 e. The summed E-state index contributed by atoms with van der Waals surface area (Å²) >= 11 is 0. The first-order valence-electron chi connectivity index (χ1n) is 5.18. The fourth-order valence-electron chi connectivity index (χ4n) is 1.37. The Hall–Kier alpha value is -1.52. The van der Waals surface area contributed by atoms with Gasteiger partial charge in [-0.15, -0.1) is 0 Å². The van der Waals surface area contributed by atoms with Gasteiger partial charge in [-0.2, -0.15) is 0 Å². The second-order valence-corrected chi connectivity index (χ2v) is 4.73. The smallest absolute Gasteiger partial charge is 0.410 e. The number of carbonyl (C=O) groups is 2. The first kappa shape index (κ1) is 12.5. The van der Waals surface area contributed by atoms with Gasteiger partial charge in [0.2, 0.25) is 0 Å². The Morgan fingerprint density at radius 2 is 2.12 bits per heavy atom. The van der Waals surface area contributed by atoms with Gasteiger partial charge in [0.05, 0.1) is 12.8 Å². The van der Waals surface area contributed by atoms with Gasteiger partial charge in [0.1, 0.15) is 5.60 Å². The zero-order chi connectivity index (χ0) is 12.3. The molecule has 90 valence electrons. The third kappa shape index (κ3) is 3.25. The van der Waals surface area contributed by atoms with E-state index in [9.17, 15) is 9.59 Å². The summed E-state index contributed by atoms with van der Waals surface area (Å²) in [6, 6.07) is 0. The highest BCUT2D eigenvalue weighted by molar-refractivity contribution is 5.97. The van der Waals surface area contributed by atoms with Gasteiger partial charge in [-0.25, -0.2) is 4.79 Å². The molecule has 1 N–H and O–H groups in total. The van der Waals surface area contributed by atoms with Crippen LogP contribution < -0.4 is 0 Å². The predicted octanol–water partition coefficient (Wildman–Crippen LogP) is 1.64. The van der Waals surface area contributed by atoms with Crippen molar-refractivity contribution in [2.75, 3.05) is 13.1 Å². The molecular weight excluding hydrogens is 210 g/mol. The van der Waals surface area contributed by atoms with Crippen molar-refractivity contribution < 1.29 is 19.4 Å². The molecule has 1 rings (SSSR count). The molecular formula is C11H17NO4. The molecule has 5 nitrogen and oxygen atoms in total. The van der Waals surface area contributed by atoms with Crippen LogP contribution in [0.1, 0.15) is 27.2 Å². The zero-order valence-electron chi connectivity index (χ0n) is 9.82. The Bertz CT molecular complexity index is 327. The quantitative estimate of drug-likeness (QED) is 0.504. The number of hydrogen-bond acceptors (Lipinski definition) is 4. The third-order valence-corrected chi connectivity index (χ3v) is 2.14. The molecule has 0 aromatic heterocycles. The van der Waals surface area contributed by atoms with Crippen molar-refractivity contribution in [3.05, 3.63) is 11.8 Å². The molecule has 1 aliphatic heterocycles. The number of nitrogens with zero attached hydrogens (tertiary/aromatic N) is 1. The van der Waals surface area contributed by atoms with Gasteiger partial charge in [-0.1, -0.05) is 0 Å². The van der Waals surface area contributed by atoms with Crippen molar-refractivity contribution in [2.24, 2.45) is 0 Å². The van der Waals surface area contributed by atoms with Gasteiger partial charge in [-0.3, -0.25) is 4.79 Å². The molecule has 0 aliphatic carbocycles. The minimum atomic E-state index is -0.554. The molecule has 1 heterocycles. The Labute approximate surface area is 94.7 Å². The molecule has 0 aromatic carbocycles. The molecule has 0 bridgehead atoms. The van der Waals surface area contributed by atoms with Crippen LogP contribution in [0.3, 0.4) is 0 Å². The fourth-order valence-corrected chi connectivity index (χ4v) is 1.37. The lowest BCUT2D eigenvalue weighted by Crippen LogP contribution is -2.43. The molecule has 5 heteroatoms. The summed E-state index contributed by atoms with van der Waals surface area (Å²) in [4.78, 5) is 24.3. The molecule has 1 aliphatic rings. The average molecular weight is 227 g/mol. The van der Waals surface area contributed by atoms with E-state index in [1.54, 1.807) is 20.8 Å². The topological polar surface area (TPSA) is 66.8 Å². The maximum Gasteiger partial charge on any atom is 0.410 e. The van der Waals surface area contributed by atoms with E-state index in [1.807, 2.05) is 0 Å².